The highest BCUT2D eigenvalue weighted by molar-refractivity contribution is 6.30. The number of halogens is 1. The van der Waals surface area contributed by atoms with Crippen molar-refractivity contribution in [2.24, 2.45) is 0 Å². The van der Waals surface area contributed by atoms with Crippen LogP contribution in [0.15, 0.2) is 24.3 Å². The van der Waals surface area contributed by atoms with Crippen LogP contribution in [-0.2, 0) is 22.6 Å². The zero-order valence-electron chi connectivity index (χ0n) is 11.8. The summed E-state index contributed by atoms with van der Waals surface area (Å²) < 4.78 is 5.34. The van der Waals surface area contributed by atoms with Crippen LogP contribution in [-0.4, -0.2) is 42.5 Å². The van der Waals surface area contributed by atoms with E-state index < -0.39 is 5.38 Å². The molecule has 20 heavy (non-hydrogen) atoms. The lowest BCUT2D eigenvalue weighted by Crippen LogP contribution is -2.35. The molecular weight excluding hydrogens is 276 g/mol. The maximum Gasteiger partial charge on any atom is 0.238 e. The summed E-state index contributed by atoms with van der Waals surface area (Å²) in [5, 5.41) is 2.31. The number of nitrogens with zero attached hydrogens (tertiary/aromatic N) is 1. The third-order valence-electron chi connectivity index (χ3n) is 3.36. The average Bonchev–Trinajstić information content (AvgIpc) is 2.47. The van der Waals surface area contributed by atoms with Gasteiger partial charge in [-0.2, -0.15) is 0 Å². The van der Waals surface area contributed by atoms with Gasteiger partial charge in [-0.05, 0) is 18.1 Å². The molecule has 5 heteroatoms. The maximum absolute atomic E-state index is 11.4. The van der Waals surface area contributed by atoms with Crippen molar-refractivity contribution in [3.63, 3.8) is 0 Å². The molecule has 1 amide bonds. The van der Waals surface area contributed by atoms with Gasteiger partial charge in [0.15, 0.2) is 0 Å². The topological polar surface area (TPSA) is 41.6 Å². The van der Waals surface area contributed by atoms with E-state index in [0.717, 1.165) is 38.4 Å². The number of hydrogen-bond acceptors (Lipinski definition) is 3. The van der Waals surface area contributed by atoms with Gasteiger partial charge < -0.3 is 10.1 Å². The molecule has 1 atom stereocenters. The van der Waals surface area contributed by atoms with Gasteiger partial charge in [0.1, 0.15) is 5.38 Å². The van der Waals surface area contributed by atoms with Crippen molar-refractivity contribution in [1.29, 1.82) is 0 Å². The van der Waals surface area contributed by atoms with Gasteiger partial charge in [-0.15, -0.1) is 11.6 Å². The molecule has 0 bridgehead atoms. The SMILES string of the molecule is CC(Cl)C(=O)NCc1ccc(CN2CCOCC2)cc1. The molecule has 2 rings (SSSR count). The zero-order chi connectivity index (χ0) is 14.4. The van der Waals surface area contributed by atoms with Crippen LogP contribution >= 0.6 is 11.6 Å². The second kappa shape index (κ2) is 7.62. The quantitative estimate of drug-likeness (QED) is 0.842. The highest BCUT2D eigenvalue weighted by Gasteiger charge is 2.11. The monoisotopic (exact) mass is 296 g/mol. The fraction of sp³-hybridized carbons (Fsp3) is 0.533. The summed E-state index contributed by atoms with van der Waals surface area (Å²) in [7, 11) is 0. The molecule has 1 aliphatic rings. The maximum atomic E-state index is 11.4. The predicted octanol–water partition coefficient (Wildman–Crippen LogP) is 1.76. The van der Waals surface area contributed by atoms with Crippen molar-refractivity contribution in [2.45, 2.75) is 25.4 Å². The minimum atomic E-state index is -0.490. The molecule has 1 fully saturated rings. The molecule has 110 valence electrons. The van der Waals surface area contributed by atoms with Crippen molar-refractivity contribution in [3.05, 3.63) is 35.4 Å². The summed E-state index contributed by atoms with van der Waals surface area (Å²) in [5.41, 5.74) is 2.37. The van der Waals surface area contributed by atoms with Gasteiger partial charge >= 0.3 is 0 Å². The van der Waals surface area contributed by atoms with Gasteiger partial charge in [0.2, 0.25) is 5.91 Å². The van der Waals surface area contributed by atoms with Crippen molar-refractivity contribution in [3.8, 4) is 0 Å². The van der Waals surface area contributed by atoms with Gasteiger partial charge in [-0.1, -0.05) is 24.3 Å². The van der Waals surface area contributed by atoms with Crippen molar-refractivity contribution in [2.75, 3.05) is 26.3 Å². The second-order valence-electron chi connectivity index (χ2n) is 5.04. The lowest BCUT2D eigenvalue weighted by Gasteiger charge is -2.26. The summed E-state index contributed by atoms with van der Waals surface area (Å²) in [4.78, 5) is 13.8. The normalized spacial score (nSPS) is 17.7. The minimum Gasteiger partial charge on any atom is -0.379 e. The minimum absolute atomic E-state index is 0.135. The van der Waals surface area contributed by atoms with E-state index in [0.29, 0.717) is 6.54 Å². The van der Waals surface area contributed by atoms with Crippen LogP contribution in [0, 0.1) is 0 Å². The van der Waals surface area contributed by atoms with Crippen molar-refractivity contribution in [1.82, 2.24) is 10.2 Å². The van der Waals surface area contributed by atoms with E-state index in [1.54, 1.807) is 6.92 Å². The Hall–Kier alpha value is -1.10. The molecule has 0 radical (unpaired) electrons. The van der Waals surface area contributed by atoms with E-state index in [1.807, 2.05) is 0 Å². The number of benzene rings is 1. The van der Waals surface area contributed by atoms with Crippen LogP contribution < -0.4 is 5.32 Å². The Morgan fingerprint density at radius 2 is 1.90 bits per heavy atom. The third kappa shape index (κ3) is 4.78. The van der Waals surface area contributed by atoms with Gasteiger partial charge in [-0.3, -0.25) is 9.69 Å². The first-order chi connectivity index (χ1) is 9.65. The highest BCUT2D eigenvalue weighted by atomic mass is 35.5. The number of alkyl halides is 1. The molecule has 1 aromatic carbocycles. The van der Waals surface area contributed by atoms with E-state index in [-0.39, 0.29) is 5.91 Å². The number of carbonyl (C=O) groups excluding carboxylic acids is 1. The standard InChI is InChI=1S/C15H21ClN2O2/c1-12(16)15(19)17-10-13-2-4-14(5-3-13)11-18-6-8-20-9-7-18/h2-5,12H,6-11H2,1H3,(H,17,19). The molecule has 1 N–H and O–H groups in total. The van der Waals surface area contributed by atoms with E-state index in [1.165, 1.54) is 5.56 Å². The molecule has 1 saturated heterocycles. The van der Waals surface area contributed by atoms with Gasteiger partial charge in [0, 0.05) is 26.2 Å². The Bertz CT molecular complexity index is 428. The number of amides is 1. The summed E-state index contributed by atoms with van der Waals surface area (Å²) in [6, 6.07) is 8.33. The summed E-state index contributed by atoms with van der Waals surface area (Å²) in [6.45, 7) is 6.77. The molecule has 0 saturated carbocycles. The lowest BCUT2D eigenvalue weighted by atomic mass is 10.1. The van der Waals surface area contributed by atoms with Crippen LogP contribution in [0.2, 0.25) is 0 Å². The second-order valence-corrected chi connectivity index (χ2v) is 5.69. The molecule has 4 nitrogen and oxygen atoms in total. The predicted molar refractivity (Wildman–Crippen MR) is 79.7 cm³/mol. The Kier molecular flexibility index (Phi) is 5.83. The molecule has 1 unspecified atom stereocenters. The van der Waals surface area contributed by atoms with E-state index >= 15 is 0 Å². The first kappa shape index (κ1) is 15.3. The number of ether oxygens (including phenoxy) is 1. The zero-order valence-corrected chi connectivity index (χ0v) is 12.5. The molecule has 0 spiro atoms. The fourth-order valence-corrected chi connectivity index (χ4v) is 2.19. The smallest absolute Gasteiger partial charge is 0.238 e. The largest absolute Gasteiger partial charge is 0.379 e. The average molecular weight is 297 g/mol. The molecule has 1 aromatic rings. The number of nitrogens with one attached hydrogen (secondary N) is 1. The van der Waals surface area contributed by atoms with Crippen LogP contribution in [0.3, 0.4) is 0 Å². The van der Waals surface area contributed by atoms with Crippen LogP contribution in [0.5, 0.6) is 0 Å². The van der Waals surface area contributed by atoms with Crippen LogP contribution in [0.4, 0.5) is 0 Å². The fourth-order valence-electron chi connectivity index (χ4n) is 2.11. The van der Waals surface area contributed by atoms with E-state index in [4.69, 9.17) is 16.3 Å². The van der Waals surface area contributed by atoms with Crippen molar-refractivity contribution >= 4 is 17.5 Å². The van der Waals surface area contributed by atoms with Crippen molar-refractivity contribution < 1.29 is 9.53 Å². The number of morpholine rings is 1. The highest BCUT2D eigenvalue weighted by Crippen LogP contribution is 2.09. The molecule has 1 heterocycles. The Morgan fingerprint density at radius 1 is 1.30 bits per heavy atom. The van der Waals surface area contributed by atoms with Gasteiger partial charge in [0.25, 0.3) is 0 Å². The summed E-state index contributed by atoms with van der Waals surface area (Å²) in [6.07, 6.45) is 0. The Labute approximate surface area is 125 Å². The van der Waals surface area contributed by atoms with Gasteiger partial charge in [0.05, 0.1) is 13.2 Å². The number of rotatable bonds is 5. The van der Waals surface area contributed by atoms with Crippen LogP contribution in [0.1, 0.15) is 18.1 Å². The molecule has 1 aliphatic heterocycles. The van der Waals surface area contributed by atoms with E-state index in [9.17, 15) is 4.79 Å². The number of hydrogen-bond donors (Lipinski definition) is 1. The first-order valence-electron chi connectivity index (χ1n) is 6.95. The van der Waals surface area contributed by atoms with E-state index in [2.05, 4.69) is 34.5 Å². The molecular formula is C15H21ClN2O2. The molecule has 0 aromatic heterocycles. The molecule has 0 aliphatic carbocycles. The Balaban J connectivity index is 1.81. The number of carbonyl (C=O) groups is 1. The van der Waals surface area contributed by atoms with Gasteiger partial charge in [-0.25, -0.2) is 0 Å². The lowest BCUT2D eigenvalue weighted by molar-refractivity contribution is -0.120. The summed E-state index contributed by atoms with van der Waals surface area (Å²) >= 11 is 5.70. The third-order valence-corrected chi connectivity index (χ3v) is 3.56. The first-order valence-corrected chi connectivity index (χ1v) is 7.38. The summed E-state index contributed by atoms with van der Waals surface area (Å²) in [5.74, 6) is -0.135. The van der Waals surface area contributed by atoms with Crippen LogP contribution in [0.25, 0.3) is 0 Å². The Morgan fingerprint density at radius 3 is 2.50 bits per heavy atom.